The normalized spacial score (nSPS) is 32.2. The average Bonchev–Trinajstić information content (AvgIpc) is 2.39. The van der Waals surface area contributed by atoms with Crippen LogP contribution in [0.5, 0.6) is 0 Å². The molecule has 5 heteroatoms. The van der Waals surface area contributed by atoms with Crippen molar-refractivity contribution in [3.8, 4) is 0 Å². The second-order valence-electron chi connectivity index (χ2n) is 4.89. The first-order valence-corrected chi connectivity index (χ1v) is 6.45. The molecule has 0 saturated carbocycles. The zero-order valence-corrected chi connectivity index (χ0v) is 10.4. The van der Waals surface area contributed by atoms with E-state index in [0.29, 0.717) is 19.8 Å². The molecule has 5 nitrogen and oxygen atoms in total. The molecule has 2 aliphatic heterocycles. The van der Waals surface area contributed by atoms with Crippen LogP contribution >= 0.6 is 0 Å². The SMILES string of the molecule is C[C@H](N)[C@H]1CCCCN1C(=O)[C@@H]1COCCO1. The lowest BCUT2D eigenvalue weighted by Gasteiger charge is -2.40. The van der Waals surface area contributed by atoms with E-state index in [-0.39, 0.29) is 18.0 Å². The Bertz CT molecular complexity index is 264. The molecule has 2 N–H and O–H groups in total. The number of carbonyl (C=O) groups excluding carboxylic acids is 1. The molecular weight excluding hydrogens is 220 g/mol. The highest BCUT2D eigenvalue weighted by atomic mass is 16.6. The van der Waals surface area contributed by atoms with E-state index in [4.69, 9.17) is 15.2 Å². The summed E-state index contributed by atoms with van der Waals surface area (Å²) in [4.78, 5) is 14.2. The molecule has 2 fully saturated rings. The molecule has 2 saturated heterocycles. The lowest BCUT2D eigenvalue weighted by Crippen LogP contribution is -2.56. The molecule has 0 unspecified atom stereocenters. The second kappa shape index (κ2) is 5.80. The standard InChI is InChI=1S/C12H22N2O3/c1-9(13)10-4-2-3-5-14(10)12(15)11-8-16-6-7-17-11/h9-11H,2-8,13H2,1H3/t9-,10+,11-/m0/s1. The molecule has 0 aromatic carbocycles. The van der Waals surface area contributed by atoms with Gasteiger partial charge in [0.15, 0.2) is 6.10 Å². The van der Waals surface area contributed by atoms with Crippen molar-refractivity contribution in [2.75, 3.05) is 26.4 Å². The predicted molar refractivity (Wildman–Crippen MR) is 63.6 cm³/mol. The van der Waals surface area contributed by atoms with Gasteiger partial charge in [-0.2, -0.15) is 0 Å². The second-order valence-corrected chi connectivity index (χ2v) is 4.89. The summed E-state index contributed by atoms with van der Waals surface area (Å²) in [6.45, 7) is 4.23. The van der Waals surface area contributed by atoms with Crippen molar-refractivity contribution in [1.29, 1.82) is 0 Å². The van der Waals surface area contributed by atoms with Gasteiger partial charge in [-0.1, -0.05) is 0 Å². The smallest absolute Gasteiger partial charge is 0.254 e. The van der Waals surface area contributed by atoms with Crippen LogP contribution in [-0.2, 0) is 14.3 Å². The molecule has 0 spiro atoms. The Morgan fingerprint density at radius 2 is 2.24 bits per heavy atom. The number of nitrogens with zero attached hydrogens (tertiary/aromatic N) is 1. The van der Waals surface area contributed by atoms with Gasteiger partial charge in [0.1, 0.15) is 0 Å². The number of amides is 1. The Labute approximate surface area is 102 Å². The Morgan fingerprint density at radius 3 is 2.88 bits per heavy atom. The maximum Gasteiger partial charge on any atom is 0.254 e. The van der Waals surface area contributed by atoms with Gasteiger partial charge >= 0.3 is 0 Å². The molecule has 0 aliphatic carbocycles. The Hall–Kier alpha value is -0.650. The maximum atomic E-state index is 12.3. The number of rotatable bonds is 2. The molecule has 3 atom stereocenters. The van der Waals surface area contributed by atoms with E-state index in [1.54, 1.807) is 0 Å². The molecule has 0 bridgehead atoms. The molecule has 17 heavy (non-hydrogen) atoms. The van der Waals surface area contributed by atoms with E-state index < -0.39 is 6.10 Å². The highest BCUT2D eigenvalue weighted by Crippen LogP contribution is 2.21. The zero-order valence-electron chi connectivity index (χ0n) is 10.4. The van der Waals surface area contributed by atoms with Crippen LogP contribution in [-0.4, -0.2) is 55.4 Å². The average molecular weight is 242 g/mol. The number of nitrogens with two attached hydrogens (primary N) is 1. The summed E-state index contributed by atoms with van der Waals surface area (Å²) in [7, 11) is 0. The zero-order chi connectivity index (χ0) is 12.3. The van der Waals surface area contributed by atoms with Crippen molar-refractivity contribution in [3.63, 3.8) is 0 Å². The summed E-state index contributed by atoms with van der Waals surface area (Å²) in [6, 6.07) is 0.172. The molecule has 2 aliphatic rings. The molecule has 2 heterocycles. The predicted octanol–water partition coefficient (Wildman–Crippen LogP) is 0.130. The number of piperidine rings is 1. The minimum absolute atomic E-state index is 0.0174. The minimum atomic E-state index is -0.428. The fourth-order valence-corrected chi connectivity index (χ4v) is 2.59. The molecule has 0 aromatic rings. The summed E-state index contributed by atoms with van der Waals surface area (Å²) in [5.41, 5.74) is 5.96. The van der Waals surface area contributed by atoms with E-state index in [1.165, 1.54) is 0 Å². The summed E-state index contributed by atoms with van der Waals surface area (Å²) in [6.07, 6.45) is 2.78. The van der Waals surface area contributed by atoms with Gasteiger partial charge in [-0.15, -0.1) is 0 Å². The summed E-state index contributed by atoms with van der Waals surface area (Å²) in [5.74, 6) is 0.0479. The highest BCUT2D eigenvalue weighted by molar-refractivity contribution is 5.81. The molecule has 0 aromatic heterocycles. The summed E-state index contributed by atoms with van der Waals surface area (Å²) >= 11 is 0. The summed E-state index contributed by atoms with van der Waals surface area (Å²) in [5, 5.41) is 0. The molecule has 2 rings (SSSR count). The molecule has 0 radical (unpaired) electrons. The van der Waals surface area contributed by atoms with E-state index >= 15 is 0 Å². The number of hydrogen-bond donors (Lipinski definition) is 1. The van der Waals surface area contributed by atoms with Crippen LogP contribution in [0.2, 0.25) is 0 Å². The van der Waals surface area contributed by atoms with Crippen molar-refractivity contribution >= 4 is 5.91 Å². The highest BCUT2D eigenvalue weighted by Gasteiger charge is 2.34. The quantitative estimate of drug-likeness (QED) is 0.747. The van der Waals surface area contributed by atoms with Gasteiger partial charge < -0.3 is 20.1 Å². The first-order chi connectivity index (χ1) is 8.20. The largest absolute Gasteiger partial charge is 0.376 e. The van der Waals surface area contributed by atoms with Gasteiger partial charge in [0.25, 0.3) is 5.91 Å². The molecule has 1 amide bonds. The number of likely N-dealkylation sites (tertiary alicyclic amines) is 1. The topological polar surface area (TPSA) is 64.8 Å². The molecule has 98 valence electrons. The van der Waals surface area contributed by atoms with E-state index in [2.05, 4.69) is 0 Å². The van der Waals surface area contributed by atoms with E-state index in [1.807, 2.05) is 11.8 Å². The van der Waals surface area contributed by atoms with Gasteiger partial charge in [0, 0.05) is 18.6 Å². The lowest BCUT2D eigenvalue weighted by atomic mass is 9.96. The monoisotopic (exact) mass is 242 g/mol. The third kappa shape index (κ3) is 2.97. The maximum absolute atomic E-state index is 12.3. The van der Waals surface area contributed by atoms with Crippen LogP contribution in [0.25, 0.3) is 0 Å². The molecular formula is C12H22N2O3. The first-order valence-electron chi connectivity index (χ1n) is 6.45. The van der Waals surface area contributed by atoms with Crippen molar-refractivity contribution in [1.82, 2.24) is 4.90 Å². The Balaban J connectivity index is 1.99. The van der Waals surface area contributed by atoms with Gasteiger partial charge in [-0.25, -0.2) is 0 Å². The van der Waals surface area contributed by atoms with Crippen LogP contribution in [0.4, 0.5) is 0 Å². The van der Waals surface area contributed by atoms with Crippen LogP contribution in [0.3, 0.4) is 0 Å². The Kier molecular flexibility index (Phi) is 4.36. The van der Waals surface area contributed by atoms with Crippen LogP contribution < -0.4 is 5.73 Å². The van der Waals surface area contributed by atoms with Crippen LogP contribution in [0.1, 0.15) is 26.2 Å². The van der Waals surface area contributed by atoms with Gasteiger partial charge in [-0.05, 0) is 26.2 Å². The van der Waals surface area contributed by atoms with Crippen LogP contribution in [0, 0.1) is 0 Å². The Morgan fingerprint density at radius 1 is 1.41 bits per heavy atom. The third-order valence-electron chi connectivity index (χ3n) is 3.53. The van der Waals surface area contributed by atoms with Crippen molar-refractivity contribution in [3.05, 3.63) is 0 Å². The van der Waals surface area contributed by atoms with Crippen LogP contribution in [0.15, 0.2) is 0 Å². The minimum Gasteiger partial charge on any atom is -0.376 e. The van der Waals surface area contributed by atoms with E-state index in [0.717, 1.165) is 25.8 Å². The summed E-state index contributed by atoms with van der Waals surface area (Å²) < 4.78 is 10.8. The number of ether oxygens (including phenoxy) is 2. The van der Waals surface area contributed by atoms with Gasteiger partial charge in [0.2, 0.25) is 0 Å². The fourth-order valence-electron chi connectivity index (χ4n) is 2.59. The first kappa shape index (κ1) is 12.8. The van der Waals surface area contributed by atoms with Gasteiger partial charge in [-0.3, -0.25) is 4.79 Å². The third-order valence-corrected chi connectivity index (χ3v) is 3.53. The number of hydrogen-bond acceptors (Lipinski definition) is 4. The number of carbonyl (C=O) groups is 1. The van der Waals surface area contributed by atoms with Crippen molar-refractivity contribution < 1.29 is 14.3 Å². The van der Waals surface area contributed by atoms with Gasteiger partial charge in [0.05, 0.1) is 19.8 Å². The van der Waals surface area contributed by atoms with E-state index in [9.17, 15) is 4.79 Å². The van der Waals surface area contributed by atoms with Crippen molar-refractivity contribution in [2.45, 2.75) is 44.4 Å². The lowest BCUT2D eigenvalue weighted by molar-refractivity contribution is -0.161. The van der Waals surface area contributed by atoms with Crippen molar-refractivity contribution in [2.24, 2.45) is 5.73 Å². The fraction of sp³-hybridized carbons (Fsp3) is 0.917.